The summed E-state index contributed by atoms with van der Waals surface area (Å²) in [5.41, 5.74) is 1.43. The zero-order valence-corrected chi connectivity index (χ0v) is 13.9. The topological polar surface area (TPSA) is 35.6 Å². The molecular weight excluding hydrogens is 324 g/mol. The number of halogens is 2. The van der Waals surface area contributed by atoms with Gasteiger partial charge in [0.25, 0.3) is 0 Å². The first-order chi connectivity index (χ1) is 12.1. The van der Waals surface area contributed by atoms with Gasteiger partial charge in [-0.1, -0.05) is 24.3 Å². The summed E-state index contributed by atoms with van der Waals surface area (Å²) in [5.74, 6) is -0.511. The predicted molar refractivity (Wildman–Crippen MR) is 93.7 cm³/mol. The summed E-state index contributed by atoms with van der Waals surface area (Å²) in [6.07, 6.45) is 0.582. The number of urea groups is 1. The van der Waals surface area contributed by atoms with Gasteiger partial charge in [0.1, 0.15) is 11.6 Å². The van der Waals surface area contributed by atoms with Crippen LogP contribution < -0.4 is 10.2 Å². The van der Waals surface area contributed by atoms with E-state index in [2.05, 4.69) is 5.32 Å². The Balaban J connectivity index is 1.45. The molecule has 132 valence electrons. The first-order valence-corrected chi connectivity index (χ1v) is 8.40. The molecule has 1 aliphatic rings. The van der Waals surface area contributed by atoms with Gasteiger partial charge in [0, 0.05) is 32.7 Å². The standard InChI is InChI=1S/C19H21F2N3O/c20-16-5-3-4-15(14-16)8-9-22-19(25)24-12-10-23(11-13-24)18-7-2-1-6-17(18)21/h1-7,14H,8-13H2,(H,22,25). The van der Waals surface area contributed by atoms with Crippen molar-refractivity contribution >= 4 is 11.7 Å². The lowest BCUT2D eigenvalue weighted by Crippen LogP contribution is -2.52. The van der Waals surface area contributed by atoms with Gasteiger partial charge in [-0.3, -0.25) is 0 Å². The molecule has 0 unspecified atom stereocenters. The van der Waals surface area contributed by atoms with Crippen LogP contribution in [0.2, 0.25) is 0 Å². The molecule has 0 spiro atoms. The normalized spacial score (nSPS) is 14.5. The molecule has 1 N–H and O–H groups in total. The number of benzene rings is 2. The van der Waals surface area contributed by atoms with E-state index >= 15 is 0 Å². The quantitative estimate of drug-likeness (QED) is 0.925. The predicted octanol–water partition coefficient (Wildman–Crippen LogP) is 3.04. The van der Waals surface area contributed by atoms with Gasteiger partial charge in [-0.25, -0.2) is 13.6 Å². The Morgan fingerprint density at radius 3 is 2.48 bits per heavy atom. The molecule has 1 aliphatic heterocycles. The number of anilines is 1. The Labute approximate surface area is 146 Å². The fourth-order valence-electron chi connectivity index (χ4n) is 2.98. The van der Waals surface area contributed by atoms with E-state index in [-0.39, 0.29) is 17.7 Å². The Bertz CT molecular complexity index is 730. The summed E-state index contributed by atoms with van der Waals surface area (Å²) in [7, 11) is 0. The van der Waals surface area contributed by atoms with Crippen molar-refractivity contribution < 1.29 is 13.6 Å². The third-order valence-electron chi connectivity index (χ3n) is 4.34. The number of carbonyl (C=O) groups is 1. The summed E-state index contributed by atoms with van der Waals surface area (Å²) < 4.78 is 26.9. The number of hydrogen-bond acceptors (Lipinski definition) is 2. The molecule has 1 saturated heterocycles. The van der Waals surface area contributed by atoms with Gasteiger partial charge in [-0.2, -0.15) is 0 Å². The van der Waals surface area contributed by atoms with Gasteiger partial charge in [0.05, 0.1) is 5.69 Å². The smallest absolute Gasteiger partial charge is 0.317 e. The Hall–Kier alpha value is -2.63. The molecular formula is C19H21F2N3O. The summed E-state index contributed by atoms with van der Waals surface area (Å²) in [5, 5.41) is 2.86. The maximum atomic E-state index is 13.8. The maximum absolute atomic E-state index is 13.8. The molecule has 2 amide bonds. The molecule has 0 saturated carbocycles. The largest absolute Gasteiger partial charge is 0.366 e. The van der Waals surface area contributed by atoms with Gasteiger partial charge >= 0.3 is 6.03 Å². The molecule has 1 fully saturated rings. The van der Waals surface area contributed by atoms with E-state index in [4.69, 9.17) is 0 Å². The Morgan fingerprint density at radius 1 is 1.00 bits per heavy atom. The highest BCUT2D eigenvalue weighted by molar-refractivity contribution is 5.74. The summed E-state index contributed by atoms with van der Waals surface area (Å²) >= 11 is 0. The zero-order chi connectivity index (χ0) is 17.6. The van der Waals surface area contributed by atoms with Crippen LogP contribution in [0, 0.1) is 11.6 Å². The Morgan fingerprint density at radius 2 is 1.76 bits per heavy atom. The minimum Gasteiger partial charge on any atom is -0.366 e. The molecule has 25 heavy (non-hydrogen) atoms. The zero-order valence-electron chi connectivity index (χ0n) is 13.9. The van der Waals surface area contributed by atoms with Gasteiger partial charge in [-0.05, 0) is 36.2 Å². The van der Waals surface area contributed by atoms with Crippen LogP contribution in [0.5, 0.6) is 0 Å². The molecule has 4 nitrogen and oxygen atoms in total. The minimum absolute atomic E-state index is 0.135. The fraction of sp³-hybridized carbons (Fsp3) is 0.316. The van der Waals surface area contributed by atoms with Crippen LogP contribution in [-0.4, -0.2) is 43.7 Å². The number of carbonyl (C=O) groups excluding carboxylic acids is 1. The van der Waals surface area contributed by atoms with E-state index in [1.807, 2.05) is 17.0 Å². The number of rotatable bonds is 4. The van der Waals surface area contributed by atoms with Crippen LogP contribution in [-0.2, 0) is 6.42 Å². The van der Waals surface area contributed by atoms with Crippen molar-refractivity contribution in [3.05, 3.63) is 65.7 Å². The summed E-state index contributed by atoms with van der Waals surface area (Å²) in [6, 6.07) is 12.9. The van der Waals surface area contributed by atoms with Crippen molar-refractivity contribution in [1.82, 2.24) is 10.2 Å². The average molecular weight is 345 g/mol. The highest BCUT2D eigenvalue weighted by atomic mass is 19.1. The van der Waals surface area contributed by atoms with E-state index in [0.29, 0.717) is 44.8 Å². The number of amides is 2. The maximum Gasteiger partial charge on any atom is 0.317 e. The number of nitrogens with zero attached hydrogens (tertiary/aromatic N) is 2. The molecule has 2 aromatic rings. The van der Waals surface area contributed by atoms with E-state index in [9.17, 15) is 13.6 Å². The van der Waals surface area contributed by atoms with Crippen LogP contribution in [0.25, 0.3) is 0 Å². The van der Waals surface area contributed by atoms with E-state index in [0.717, 1.165) is 5.56 Å². The first-order valence-electron chi connectivity index (χ1n) is 8.40. The van der Waals surface area contributed by atoms with Crippen LogP contribution in [0.4, 0.5) is 19.3 Å². The second-order valence-electron chi connectivity index (χ2n) is 6.04. The van der Waals surface area contributed by atoms with Crippen molar-refractivity contribution in [2.75, 3.05) is 37.6 Å². The number of hydrogen-bond donors (Lipinski definition) is 1. The monoisotopic (exact) mass is 345 g/mol. The molecule has 1 heterocycles. The highest BCUT2D eigenvalue weighted by Crippen LogP contribution is 2.20. The Kier molecular flexibility index (Phi) is 5.48. The molecule has 3 rings (SSSR count). The third kappa shape index (κ3) is 4.47. The molecule has 6 heteroatoms. The van der Waals surface area contributed by atoms with Crippen molar-refractivity contribution in [2.45, 2.75) is 6.42 Å². The SMILES string of the molecule is O=C(NCCc1cccc(F)c1)N1CCN(c2ccccc2F)CC1. The van der Waals surface area contributed by atoms with Crippen molar-refractivity contribution in [2.24, 2.45) is 0 Å². The average Bonchev–Trinajstić information content (AvgIpc) is 2.62. The lowest BCUT2D eigenvalue weighted by Gasteiger charge is -2.36. The third-order valence-corrected chi connectivity index (χ3v) is 4.34. The van der Waals surface area contributed by atoms with E-state index < -0.39 is 0 Å². The van der Waals surface area contributed by atoms with Crippen molar-refractivity contribution in [3.8, 4) is 0 Å². The second-order valence-corrected chi connectivity index (χ2v) is 6.04. The van der Waals surface area contributed by atoms with E-state index in [1.165, 1.54) is 18.2 Å². The van der Waals surface area contributed by atoms with Crippen LogP contribution in [0.1, 0.15) is 5.56 Å². The van der Waals surface area contributed by atoms with Crippen LogP contribution in [0.15, 0.2) is 48.5 Å². The molecule has 0 radical (unpaired) electrons. The summed E-state index contributed by atoms with van der Waals surface area (Å²) in [4.78, 5) is 15.9. The summed E-state index contributed by atoms with van der Waals surface area (Å²) in [6.45, 7) is 2.73. The van der Waals surface area contributed by atoms with E-state index in [1.54, 1.807) is 23.1 Å². The fourth-order valence-corrected chi connectivity index (χ4v) is 2.98. The van der Waals surface area contributed by atoms with Gasteiger partial charge in [-0.15, -0.1) is 0 Å². The molecule has 2 aromatic carbocycles. The van der Waals surface area contributed by atoms with Crippen LogP contribution in [0.3, 0.4) is 0 Å². The van der Waals surface area contributed by atoms with Crippen molar-refractivity contribution in [1.29, 1.82) is 0 Å². The first kappa shape index (κ1) is 17.2. The minimum atomic E-state index is -0.270. The van der Waals surface area contributed by atoms with Gasteiger partial charge < -0.3 is 15.1 Å². The van der Waals surface area contributed by atoms with Crippen LogP contribution >= 0.6 is 0 Å². The molecule has 0 aromatic heterocycles. The number of piperazine rings is 1. The highest BCUT2D eigenvalue weighted by Gasteiger charge is 2.22. The van der Waals surface area contributed by atoms with Crippen molar-refractivity contribution in [3.63, 3.8) is 0 Å². The molecule has 0 bridgehead atoms. The lowest BCUT2D eigenvalue weighted by atomic mass is 10.1. The number of para-hydroxylation sites is 1. The van der Waals surface area contributed by atoms with Gasteiger partial charge in [0.15, 0.2) is 0 Å². The molecule has 0 aliphatic carbocycles. The van der Waals surface area contributed by atoms with Gasteiger partial charge in [0.2, 0.25) is 0 Å². The lowest BCUT2D eigenvalue weighted by molar-refractivity contribution is 0.194. The molecule has 0 atom stereocenters. The second kappa shape index (κ2) is 7.96. The number of nitrogens with one attached hydrogen (secondary N) is 1.